The number of carbonyl (C=O) groups excluding carboxylic acids is 1. The van der Waals surface area contributed by atoms with Gasteiger partial charge in [0.05, 0.1) is 18.6 Å². The highest BCUT2D eigenvalue weighted by molar-refractivity contribution is 6.37. The van der Waals surface area contributed by atoms with E-state index in [1.807, 2.05) is 0 Å². The van der Waals surface area contributed by atoms with Crippen molar-refractivity contribution in [1.29, 1.82) is 0 Å². The third-order valence-electron chi connectivity index (χ3n) is 2.65. The van der Waals surface area contributed by atoms with Gasteiger partial charge in [0.1, 0.15) is 6.10 Å². The normalized spacial score (nSPS) is 34.7. The van der Waals surface area contributed by atoms with E-state index in [9.17, 15) is 9.90 Å². The minimum atomic E-state index is -0.523. The van der Waals surface area contributed by atoms with Crippen LogP contribution < -0.4 is 0 Å². The largest absolute Gasteiger partial charge is 0.461 e. The summed E-state index contributed by atoms with van der Waals surface area (Å²) in [6.45, 7) is 2.04. The Hall–Kier alpha value is -1.10. The molecular formula is C9H13NO4. The Kier molecular flexibility index (Phi) is 2.41. The van der Waals surface area contributed by atoms with E-state index in [4.69, 9.17) is 9.57 Å². The van der Waals surface area contributed by atoms with Crippen LogP contribution in [-0.2, 0) is 14.4 Å². The molecule has 1 aliphatic heterocycles. The number of nitrogens with zero attached hydrogens (tertiary/aromatic N) is 1. The molecule has 0 spiro atoms. The lowest BCUT2D eigenvalue weighted by molar-refractivity contribution is -0.135. The highest BCUT2D eigenvalue weighted by Crippen LogP contribution is 2.34. The maximum Gasteiger partial charge on any atom is 0.356 e. The molecule has 1 saturated carbocycles. The summed E-state index contributed by atoms with van der Waals surface area (Å²) in [7, 11) is 0. The van der Waals surface area contributed by atoms with Crippen molar-refractivity contribution in [2.45, 2.75) is 32.0 Å². The molecule has 78 valence electrons. The molecule has 1 heterocycles. The maximum atomic E-state index is 11.4. The van der Waals surface area contributed by atoms with Gasteiger partial charge in [0, 0.05) is 0 Å². The van der Waals surface area contributed by atoms with Crippen LogP contribution in [0.25, 0.3) is 0 Å². The molecule has 2 rings (SSSR count). The smallest absolute Gasteiger partial charge is 0.356 e. The number of oxime groups is 1. The van der Waals surface area contributed by atoms with Crippen molar-refractivity contribution in [3.63, 3.8) is 0 Å². The molecular weight excluding hydrogens is 186 g/mol. The summed E-state index contributed by atoms with van der Waals surface area (Å²) in [5, 5.41) is 13.3. The fourth-order valence-electron chi connectivity index (χ4n) is 1.98. The number of aliphatic hydroxyl groups excluding tert-OH is 1. The summed E-state index contributed by atoms with van der Waals surface area (Å²) in [6.07, 6.45) is 0.751. The fourth-order valence-corrected chi connectivity index (χ4v) is 1.98. The van der Waals surface area contributed by atoms with Crippen molar-refractivity contribution in [2.24, 2.45) is 11.1 Å². The van der Waals surface area contributed by atoms with Gasteiger partial charge in [-0.2, -0.15) is 0 Å². The molecule has 0 radical (unpaired) electrons. The predicted octanol–water partition coefficient (Wildman–Crippen LogP) is 0.0752. The summed E-state index contributed by atoms with van der Waals surface area (Å²) < 4.78 is 4.82. The molecule has 0 bridgehead atoms. The van der Waals surface area contributed by atoms with Gasteiger partial charge in [0.15, 0.2) is 5.71 Å². The van der Waals surface area contributed by atoms with Crippen LogP contribution in [0.1, 0.15) is 19.8 Å². The minimum Gasteiger partial charge on any atom is -0.461 e. The predicted molar refractivity (Wildman–Crippen MR) is 47.7 cm³/mol. The van der Waals surface area contributed by atoms with Gasteiger partial charge in [0.25, 0.3) is 0 Å². The Morgan fingerprint density at radius 1 is 1.71 bits per heavy atom. The number of hydrogen-bond acceptors (Lipinski definition) is 5. The molecule has 14 heavy (non-hydrogen) atoms. The van der Waals surface area contributed by atoms with Gasteiger partial charge < -0.3 is 14.7 Å². The zero-order chi connectivity index (χ0) is 10.1. The first-order chi connectivity index (χ1) is 6.74. The second-order valence-corrected chi connectivity index (χ2v) is 3.51. The van der Waals surface area contributed by atoms with Crippen LogP contribution in [0.4, 0.5) is 0 Å². The highest BCUT2D eigenvalue weighted by atomic mass is 16.6. The third kappa shape index (κ3) is 1.37. The van der Waals surface area contributed by atoms with Crippen LogP contribution in [0.2, 0.25) is 0 Å². The summed E-state index contributed by atoms with van der Waals surface area (Å²) in [5.74, 6) is -0.755. The van der Waals surface area contributed by atoms with Crippen molar-refractivity contribution >= 4 is 11.7 Å². The van der Waals surface area contributed by atoms with E-state index in [1.165, 1.54) is 0 Å². The van der Waals surface area contributed by atoms with Gasteiger partial charge in [0.2, 0.25) is 0 Å². The molecule has 0 aromatic heterocycles. The number of aliphatic hydroxyl groups is 1. The van der Waals surface area contributed by atoms with Gasteiger partial charge in [-0.25, -0.2) is 4.79 Å². The van der Waals surface area contributed by atoms with Crippen LogP contribution >= 0.6 is 0 Å². The molecule has 3 unspecified atom stereocenters. The van der Waals surface area contributed by atoms with E-state index in [1.54, 1.807) is 6.92 Å². The fraction of sp³-hybridized carbons (Fsp3) is 0.778. The topological polar surface area (TPSA) is 68.1 Å². The number of rotatable bonds is 2. The summed E-state index contributed by atoms with van der Waals surface area (Å²) >= 11 is 0. The van der Waals surface area contributed by atoms with E-state index in [0.717, 1.165) is 6.42 Å². The maximum absolute atomic E-state index is 11.4. The Bertz CT molecular complexity index is 276. The first kappa shape index (κ1) is 9.45. The Morgan fingerprint density at radius 2 is 2.50 bits per heavy atom. The summed E-state index contributed by atoms with van der Waals surface area (Å²) in [4.78, 5) is 16.4. The molecule has 1 aliphatic carbocycles. The van der Waals surface area contributed by atoms with Crippen LogP contribution in [0.3, 0.4) is 0 Å². The Balaban J connectivity index is 2.09. The summed E-state index contributed by atoms with van der Waals surface area (Å²) in [5.41, 5.74) is 0.238. The molecule has 0 aromatic carbocycles. The first-order valence-electron chi connectivity index (χ1n) is 4.83. The molecule has 1 fully saturated rings. The van der Waals surface area contributed by atoms with Gasteiger partial charge in [-0.1, -0.05) is 5.16 Å². The third-order valence-corrected chi connectivity index (χ3v) is 2.65. The van der Waals surface area contributed by atoms with Crippen molar-refractivity contribution in [3.05, 3.63) is 0 Å². The first-order valence-corrected chi connectivity index (χ1v) is 4.83. The average molecular weight is 199 g/mol. The van der Waals surface area contributed by atoms with Gasteiger partial charge in [-0.05, 0) is 19.8 Å². The van der Waals surface area contributed by atoms with E-state index in [0.29, 0.717) is 13.0 Å². The number of carbonyl (C=O) groups is 1. The van der Waals surface area contributed by atoms with E-state index in [-0.39, 0.29) is 17.7 Å². The summed E-state index contributed by atoms with van der Waals surface area (Å²) in [6, 6.07) is 0. The molecule has 1 N–H and O–H groups in total. The standard InChI is InChI=1S/C9H13NO4/c1-2-13-9(12)8-7-5(11)3-4-6(7)14-10-8/h5-7,11H,2-4H2,1H3. The van der Waals surface area contributed by atoms with Crippen LogP contribution in [-0.4, -0.2) is 35.6 Å². The average Bonchev–Trinajstić information content (AvgIpc) is 2.70. The zero-order valence-electron chi connectivity index (χ0n) is 7.97. The minimum absolute atomic E-state index is 0.135. The van der Waals surface area contributed by atoms with Crippen LogP contribution in [0.5, 0.6) is 0 Å². The molecule has 0 amide bonds. The van der Waals surface area contributed by atoms with Gasteiger partial charge >= 0.3 is 5.97 Å². The van der Waals surface area contributed by atoms with Crippen molar-refractivity contribution in [2.75, 3.05) is 6.61 Å². The molecule has 3 atom stereocenters. The van der Waals surface area contributed by atoms with E-state index >= 15 is 0 Å². The Labute approximate surface area is 81.7 Å². The number of esters is 1. The van der Waals surface area contributed by atoms with Crippen molar-refractivity contribution in [3.8, 4) is 0 Å². The van der Waals surface area contributed by atoms with Gasteiger partial charge in [-0.3, -0.25) is 0 Å². The monoisotopic (exact) mass is 199 g/mol. The van der Waals surface area contributed by atoms with Gasteiger partial charge in [-0.15, -0.1) is 0 Å². The highest BCUT2D eigenvalue weighted by Gasteiger charge is 2.47. The Morgan fingerprint density at radius 3 is 3.21 bits per heavy atom. The van der Waals surface area contributed by atoms with E-state index in [2.05, 4.69) is 5.16 Å². The number of fused-ring (bicyclic) bond motifs is 1. The van der Waals surface area contributed by atoms with Crippen LogP contribution in [0, 0.1) is 5.92 Å². The molecule has 5 heteroatoms. The lowest BCUT2D eigenvalue weighted by Crippen LogP contribution is -2.32. The number of ether oxygens (including phenoxy) is 1. The van der Waals surface area contributed by atoms with Crippen molar-refractivity contribution < 1.29 is 19.5 Å². The quantitative estimate of drug-likeness (QED) is 0.639. The molecule has 0 aromatic rings. The van der Waals surface area contributed by atoms with Crippen LogP contribution in [0.15, 0.2) is 5.16 Å². The second kappa shape index (κ2) is 3.57. The molecule has 0 saturated heterocycles. The molecule has 5 nitrogen and oxygen atoms in total. The lowest BCUT2D eigenvalue weighted by Gasteiger charge is -2.11. The molecule has 2 aliphatic rings. The lowest BCUT2D eigenvalue weighted by atomic mass is 9.98. The van der Waals surface area contributed by atoms with E-state index < -0.39 is 12.1 Å². The second-order valence-electron chi connectivity index (χ2n) is 3.51. The SMILES string of the molecule is CCOC(=O)C1=NOC2CCC(O)C12. The van der Waals surface area contributed by atoms with Crippen molar-refractivity contribution in [1.82, 2.24) is 0 Å². The number of hydrogen-bond donors (Lipinski definition) is 1. The zero-order valence-corrected chi connectivity index (χ0v) is 7.97.